The first-order valence-electron chi connectivity index (χ1n) is 5.91. The molecule has 0 amide bonds. The Kier molecular flexibility index (Phi) is 3.27. The summed E-state index contributed by atoms with van der Waals surface area (Å²) >= 11 is 7.37. The van der Waals surface area contributed by atoms with Gasteiger partial charge in [0.05, 0.1) is 5.02 Å². The van der Waals surface area contributed by atoms with E-state index in [0.29, 0.717) is 20.8 Å². The zero-order chi connectivity index (χ0) is 14.3. The number of pyridine rings is 1. The smallest absolute Gasteiger partial charge is 0.344 e. The van der Waals surface area contributed by atoms with Crippen LogP contribution in [0.1, 0.15) is 24.4 Å². The number of halogens is 1. The molecule has 7 nitrogen and oxygen atoms in total. The van der Waals surface area contributed by atoms with Gasteiger partial charge < -0.3 is 5.73 Å². The van der Waals surface area contributed by atoms with Gasteiger partial charge in [0.15, 0.2) is 5.16 Å². The molecule has 1 aliphatic rings. The third-order valence-corrected chi connectivity index (χ3v) is 4.39. The number of hydrogen-bond acceptors (Lipinski definition) is 5. The number of amidine groups is 1. The lowest BCUT2D eigenvalue weighted by Crippen LogP contribution is -2.16. The molecular weight excluding hydrogens is 300 g/mol. The first-order valence-corrected chi connectivity index (χ1v) is 7.11. The van der Waals surface area contributed by atoms with Gasteiger partial charge in [-0.25, -0.2) is 14.9 Å². The number of aromatic amines is 1. The molecule has 0 spiro atoms. The lowest BCUT2D eigenvalue weighted by molar-refractivity contribution is 0.642. The summed E-state index contributed by atoms with van der Waals surface area (Å²) in [4.78, 5) is 15.9. The van der Waals surface area contributed by atoms with Crippen molar-refractivity contribution in [3.05, 3.63) is 33.3 Å². The first kappa shape index (κ1) is 13.2. The summed E-state index contributed by atoms with van der Waals surface area (Å²) in [5, 5.41) is 15.2. The minimum atomic E-state index is -0.228. The Morgan fingerprint density at radius 2 is 2.35 bits per heavy atom. The van der Waals surface area contributed by atoms with Crippen LogP contribution in [0.2, 0.25) is 5.02 Å². The summed E-state index contributed by atoms with van der Waals surface area (Å²) in [6, 6.07) is 1.78. The molecule has 2 aromatic rings. The number of nitrogen functional groups attached to an aromatic ring is 1. The van der Waals surface area contributed by atoms with E-state index in [1.54, 1.807) is 10.6 Å². The van der Waals surface area contributed by atoms with Gasteiger partial charge in [0, 0.05) is 17.8 Å². The summed E-state index contributed by atoms with van der Waals surface area (Å²) in [6.07, 6.45) is 3.47. The minimum absolute atomic E-state index is 0.124. The molecule has 20 heavy (non-hydrogen) atoms. The Bertz CT molecular complexity index is 735. The summed E-state index contributed by atoms with van der Waals surface area (Å²) in [5.41, 5.74) is 5.64. The van der Waals surface area contributed by atoms with E-state index in [9.17, 15) is 4.79 Å². The minimum Gasteiger partial charge on any atom is -0.384 e. The van der Waals surface area contributed by atoms with E-state index in [4.69, 9.17) is 22.7 Å². The van der Waals surface area contributed by atoms with E-state index in [-0.39, 0.29) is 17.6 Å². The molecule has 2 heterocycles. The van der Waals surface area contributed by atoms with Crippen molar-refractivity contribution in [2.24, 2.45) is 5.73 Å². The van der Waals surface area contributed by atoms with E-state index < -0.39 is 0 Å². The second kappa shape index (κ2) is 4.95. The molecule has 1 aliphatic carbocycles. The van der Waals surface area contributed by atoms with Crippen LogP contribution >= 0.6 is 23.4 Å². The monoisotopic (exact) mass is 310 g/mol. The predicted octanol–water partition coefficient (Wildman–Crippen LogP) is 1.39. The zero-order valence-electron chi connectivity index (χ0n) is 10.3. The van der Waals surface area contributed by atoms with Crippen LogP contribution in [0.3, 0.4) is 0 Å². The van der Waals surface area contributed by atoms with Crippen LogP contribution in [0.4, 0.5) is 0 Å². The number of aromatic nitrogens is 4. The SMILES string of the molecule is N=C(N)c1ccnc(Sc2n[nH]c(=O)n2C2CC2)c1Cl. The van der Waals surface area contributed by atoms with Crippen molar-refractivity contribution < 1.29 is 0 Å². The Morgan fingerprint density at radius 3 is 3.00 bits per heavy atom. The lowest BCUT2D eigenvalue weighted by atomic mass is 10.2. The standard InChI is InChI=1S/C11H11ClN6OS/c12-7-6(8(13)14)3-4-15-9(7)20-11-17-16-10(19)18(11)5-1-2-5/h3-5H,1-2H2,(H3,13,14)(H,16,19). The number of rotatable bonds is 4. The molecule has 0 aliphatic heterocycles. The van der Waals surface area contributed by atoms with Gasteiger partial charge in [-0.05, 0) is 30.7 Å². The van der Waals surface area contributed by atoms with Gasteiger partial charge in [0.25, 0.3) is 0 Å². The van der Waals surface area contributed by atoms with Crippen molar-refractivity contribution >= 4 is 29.2 Å². The molecule has 2 aromatic heterocycles. The number of nitrogens with one attached hydrogen (secondary N) is 2. The van der Waals surface area contributed by atoms with Crippen LogP contribution in [0.15, 0.2) is 27.2 Å². The van der Waals surface area contributed by atoms with Crippen LogP contribution in [0.25, 0.3) is 0 Å². The molecule has 4 N–H and O–H groups in total. The van der Waals surface area contributed by atoms with Crippen LogP contribution in [0, 0.1) is 5.41 Å². The van der Waals surface area contributed by atoms with Gasteiger partial charge in [-0.2, -0.15) is 0 Å². The molecule has 0 radical (unpaired) electrons. The van der Waals surface area contributed by atoms with Crippen molar-refractivity contribution in [1.82, 2.24) is 19.7 Å². The molecular formula is C11H11ClN6OS. The van der Waals surface area contributed by atoms with Crippen molar-refractivity contribution in [1.29, 1.82) is 5.41 Å². The molecule has 104 valence electrons. The topological polar surface area (TPSA) is 113 Å². The fourth-order valence-corrected chi connectivity index (χ4v) is 3.04. The van der Waals surface area contributed by atoms with E-state index in [1.807, 2.05) is 0 Å². The molecule has 0 aromatic carbocycles. The van der Waals surface area contributed by atoms with Crippen LogP contribution in [-0.2, 0) is 0 Å². The average Bonchev–Trinajstić information content (AvgIpc) is 3.17. The zero-order valence-corrected chi connectivity index (χ0v) is 11.8. The Balaban J connectivity index is 1.98. The lowest BCUT2D eigenvalue weighted by Gasteiger charge is -2.07. The third kappa shape index (κ3) is 2.32. The average molecular weight is 311 g/mol. The van der Waals surface area contributed by atoms with Gasteiger partial charge in [0.1, 0.15) is 10.9 Å². The van der Waals surface area contributed by atoms with Gasteiger partial charge in [-0.1, -0.05) is 11.6 Å². The molecule has 9 heteroatoms. The van der Waals surface area contributed by atoms with Crippen molar-refractivity contribution in [3.8, 4) is 0 Å². The molecule has 0 saturated heterocycles. The second-order valence-corrected chi connectivity index (χ2v) is 5.74. The van der Waals surface area contributed by atoms with E-state index in [0.717, 1.165) is 12.8 Å². The van der Waals surface area contributed by atoms with Gasteiger partial charge in [-0.15, -0.1) is 5.10 Å². The highest BCUT2D eigenvalue weighted by Crippen LogP contribution is 2.38. The Morgan fingerprint density at radius 1 is 1.60 bits per heavy atom. The predicted molar refractivity (Wildman–Crippen MR) is 75.5 cm³/mol. The summed E-state index contributed by atoms with van der Waals surface area (Å²) in [6.45, 7) is 0. The quantitative estimate of drug-likeness (QED) is 0.583. The van der Waals surface area contributed by atoms with Gasteiger partial charge >= 0.3 is 5.69 Å². The third-order valence-electron chi connectivity index (χ3n) is 2.92. The highest BCUT2D eigenvalue weighted by Gasteiger charge is 2.29. The fraction of sp³-hybridized carbons (Fsp3) is 0.273. The fourth-order valence-electron chi connectivity index (χ4n) is 1.81. The van der Waals surface area contributed by atoms with Crippen molar-refractivity contribution in [2.75, 3.05) is 0 Å². The maximum absolute atomic E-state index is 11.7. The molecule has 0 atom stereocenters. The summed E-state index contributed by atoms with van der Waals surface area (Å²) < 4.78 is 1.61. The highest BCUT2D eigenvalue weighted by atomic mass is 35.5. The normalized spacial score (nSPS) is 14.4. The first-order chi connectivity index (χ1) is 9.58. The van der Waals surface area contributed by atoms with E-state index in [2.05, 4.69) is 15.2 Å². The number of nitrogens with two attached hydrogens (primary N) is 1. The summed E-state index contributed by atoms with van der Waals surface area (Å²) in [5.74, 6) is -0.124. The highest BCUT2D eigenvalue weighted by molar-refractivity contribution is 7.99. The molecule has 1 saturated carbocycles. The summed E-state index contributed by atoms with van der Waals surface area (Å²) in [7, 11) is 0. The Hall–Kier alpha value is -1.80. The van der Waals surface area contributed by atoms with Crippen molar-refractivity contribution in [2.45, 2.75) is 29.1 Å². The largest absolute Gasteiger partial charge is 0.384 e. The number of hydrogen-bond donors (Lipinski definition) is 3. The van der Waals surface area contributed by atoms with E-state index >= 15 is 0 Å². The maximum Gasteiger partial charge on any atom is 0.344 e. The van der Waals surface area contributed by atoms with Gasteiger partial charge in [-0.3, -0.25) is 9.98 Å². The number of H-pyrrole nitrogens is 1. The molecule has 0 unspecified atom stereocenters. The van der Waals surface area contributed by atoms with Crippen LogP contribution in [-0.4, -0.2) is 25.6 Å². The second-order valence-electron chi connectivity index (χ2n) is 4.41. The van der Waals surface area contributed by atoms with Crippen LogP contribution < -0.4 is 11.4 Å². The van der Waals surface area contributed by atoms with Gasteiger partial charge in [0.2, 0.25) is 0 Å². The van der Waals surface area contributed by atoms with E-state index in [1.165, 1.54) is 18.0 Å². The maximum atomic E-state index is 11.7. The van der Waals surface area contributed by atoms with Crippen LogP contribution in [0.5, 0.6) is 0 Å². The van der Waals surface area contributed by atoms with Crippen molar-refractivity contribution in [3.63, 3.8) is 0 Å². The number of nitrogens with zero attached hydrogens (tertiary/aromatic N) is 3. The molecule has 0 bridgehead atoms. The molecule has 1 fully saturated rings. The molecule has 3 rings (SSSR count). The Labute approximate surface area is 123 Å².